The summed E-state index contributed by atoms with van der Waals surface area (Å²) in [6.45, 7) is 0.275. The number of benzene rings is 1. The summed E-state index contributed by atoms with van der Waals surface area (Å²) in [6.07, 6.45) is 4.76. The number of pyridine rings is 1. The number of ether oxygens (including phenoxy) is 1. The molecule has 0 spiro atoms. The van der Waals surface area contributed by atoms with E-state index in [9.17, 15) is 15.3 Å². The monoisotopic (exact) mass is 355 g/mol. The molecule has 1 atom stereocenters. The minimum Gasteiger partial charge on any atom is -0.386 e. The lowest BCUT2D eigenvalue weighted by molar-refractivity contribution is -0.0427. The van der Waals surface area contributed by atoms with E-state index >= 15 is 0 Å². The van der Waals surface area contributed by atoms with Crippen LogP contribution in [-0.4, -0.2) is 42.8 Å². The fourth-order valence-corrected chi connectivity index (χ4v) is 2.96. The van der Waals surface area contributed by atoms with Crippen LogP contribution in [0.4, 0.5) is 0 Å². The van der Waals surface area contributed by atoms with Crippen LogP contribution >= 0.6 is 0 Å². The molecule has 0 bridgehead atoms. The van der Waals surface area contributed by atoms with E-state index in [1.165, 1.54) is 6.42 Å². The Bertz CT molecular complexity index is 887. The Labute approximate surface area is 150 Å². The summed E-state index contributed by atoms with van der Waals surface area (Å²) in [4.78, 5) is 4.44. The van der Waals surface area contributed by atoms with Crippen molar-refractivity contribution < 1.29 is 20.1 Å². The van der Waals surface area contributed by atoms with E-state index < -0.39 is 12.4 Å². The second-order valence-electron chi connectivity index (χ2n) is 6.61. The Morgan fingerprint density at radius 1 is 1.08 bits per heavy atom. The zero-order valence-corrected chi connectivity index (χ0v) is 14.2. The number of hydrogen-bond acceptors (Lipinski definition) is 6. The van der Waals surface area contributed by atoms with Crippen LogP contribution in [0.15, 0.2) is 42.7 Å². The molecule has 0 unspecified atom stereocenters. The van der Waals surface area contributed by atoms with Gasteiger partial charge in [0.2, 0.25) is 0 Å². The van der Waals surface area contributed by atoms with Crippen LogP contribution in [-0.2, 0) is 4.74 Å². The molecule has 1 saturated carbocycles. The van der Waals surface area contributed by atoms with Gasteiger partial charge in [-0.25, -0.2) is 9.67 Å². The van der Waals surface area contributed by atoms with Crippen molar-refractivity contribution in [3.63, 3.8) is 0 Å². The Balaban J connectivity index is 1.54. The molecule has 0 aliphatic heterocycles. The molecular formula is C19H21N3O4. The van der Waals surface area contributed by atoms with Gasteiger partial charge in [-0.05, 0) is 37.5 Å². The standard InChI is InChI=1S/C19H21N3O4/c23-17(11-26-16-2-1-3-16)13-8-14-10-21-22(18(14)20-9-13)15-6-4-12(5-7-15)19(24)25/h4-10,16-17,19,23-25H,1-3,11H2/t17-/m0/s1. The highest BCUT2D eigenvalue weighted by atomic mass is 16.5. The molecule has 1 aliphatic rings. The maximum atomic E-state index is 10.3. The molecule has 3 N–H and O–H groups in total. The number of fused-ring (bicyclic) bond motifs is 1. The van der Waals surface area contributed by atoms with Crippen LogP contribution < -0.4 is 0 Å². The van der Waals surface area contributed by atoms with Crippen molar-refractivity contribution in [1.82, 2.24) is 14.8 Å². The van der Waals surface area contributed by atoms with Crippen LogP contribution in [0, 0.1) is 0 Å². The second-order valence-corrected chi connectivity index (χ2v) is 6.61. The first-order valence-corrected chi connectivity index (χ1v) is 8.71. The predicted molar refractivity (Wildman–Crippen MR) is 94.6 cm³/mol. The zero-order valence-electron chi connectivity index (χ0n) is 14.2. The molecule has 2 aromatic heterocycles. The van der Waals surface area contributed by atoms with Crippen molar-refractivity contribution in [2.24, 2.45) is 0 Å². The molecule has 4 rings (SSSR count). The Morgan fingerprint density at radius 2 is 1.85 bits per heavy atom. The summed E-state index contributed by atoms with van der Waals surface area (Å²) in [5.74, 6) is 0. The average molecular weight is 355 g/mol. The molecule has 2 heterocycles. The van der Waals surface area contributed by atoms with Crippen molar-refractivity contribution in [1.29, 1.82) is 0 Å². The highest BCUT2D eigenvalue weighted by Gasteiger charge is 2.20. The van der Waals surface area contributed by atoms with Gasteiger partial charge in [0.05, 0.1) is 24.6 Å². The third-order valence-corrected chi connectivity index (χ3v) is 4.79. The van der Waals surface area contributed by atoms with E-state index in [1.807, 2.05) is 6.07 Å². The van der Waals surface area contributed by atoms with Crippen molar-refractivity contribution in [3.8, 4) is 5.69 Å². The molecular weight excluding hydrogens is 334 g/mol. The molecule has 7 heteroatoms. The lowest BCUT2D eigenvalue weighted by Gasteiger charge is -2.26. The number of aliphatic hydroxyl groups excluding tert-OH is 2. The van der Waals surface area contributed by atoms with Gasteiger partial charge in [-0.1, -0.05) is 12.1 Å². The summed E-state index contributed by atoms with van der Waals surface area (Å²) in [7, 11) is 0. The largest absolute Gasteiger partial charge is 0.386 e. The lowest BCUT2D eigenvalue weighted by atomic mass is 9.96. The predicted octanol–water partition coefficient (Wildman–Crippen LogP) is 2.01. The van der Waals surface area contributed by atoms with Crippen LogP contribution in [0.5, 0.6) is 0 Å². The van der Waals surface area contributed by atoms with Gasteiger partial charge in [-0.2, -0.15) is 5.10 Å². The summed E-state index contributed by atoms with van der Waals surface area (Å²) < 4.78 is 7.34. The van der Waals surface area contributed by atoms with E-state index in [0.29, 0.717) is 16.8 Å². The third kappa shape index (κ3) is 3.34. The Kier molecular flexibility index (Phi) is 4.69. The first kappa shape index (κ1) is 17.1. The van der Waals surface area contributed by atoms with Gasteiger partial charge in [0.1, 0.15) is 6.10 Å². The molecule has 136 valence electrons. The molecule has 0 saturated heterocycles. The van der Waals surface area contributed by atoms with E-state index in [2.05, 4.69) is 10.1 Å². The second kappa shape index (κ2) is 7.13. The van der Waals surface area contributed by atoms with Gasteiger partial charge >= 0.3 is 0 Å². The fourth-order valence-electron chi connectivity index (χ4n) is 2.96. The van der Waals surface area contributed by atoms with Crippen LogP contribution in [0.3, 0.4) is 0 Å². The van der Waals surface area contributed by atoms with E-state index in [0.717, 1.165) is 23.9 Å². The number of aliphatic hydroxyl groups is 3. The summed E-state index contributed by atoms with van der Waals surface area (Å²) in [5, 5.41) is 33.9. The van der Waals surface area contributed by atoms with Gasteiger partial charge in [0.15, 0.2) is 11.9 Å². The van der Waals surface area contributed by atoms with Crippen LogP contribution in [0.1, 0.15) is 42.8 Å². The van der Waals surface area contributed by atoms with Crippen molar-refractivity contribution in [2.45, 2.75) is 37.8 Å². The summed E-state index contributed by atoms with van der Waals surface area (Å²) in [6, 6.07) is 8.62. The maximum Gasteiger partial charge on any atom is 0.178 e. The first-order valence-electron chi connectivity index (χ1n) is 8.71. The van der Waals surface area contributed by atoms with Gasteiger partial charge in [-0.3, -0.25) is 0 Å². The average Bonchev–Trinajstić information content (AvgIpc) is 3.03. The van der Waals surface area contributed by atoms with E-state index in [4.69, 9.17) is 4.74 Å². The van der Waals surface area contributed by atoms with Crippen molar-refractivity contribution in [3.05, 3.63) is 53.9 Å². The molecule has 1 fully saturated rings. The topological polar surface area (TPSA) is 101 Å². The normalized spacial score (nSPS) is 16.2. The first-order chi connectivity index (χ1) is 12.6. The molecule has 0 amide bonds. The van der Waals surface area contributed by atoms with Crippen LogP contribution in [0.25, 0.3) is 16.7 Å². The summed E-state index contributed by atoms with van der Waals surface area (Å²) >= 11 is 0. The zero-order chi connectivity index (χ0) is 18.1. The Morgan fingerprint density at radius 3 is 2.50 bits per heavy atom. The number of aromatic nitrogens is 3. The van der Waals surface area contributed by atoms with Gasteiger partial charge in [0, 0.05) is 22.7 Å². The molecule has 26 heavy (non-hydrogen) atoms. The number of hydrogen-bond donors (Lipinski definition) is 3. The molecule has 1 aromatic carbocycles. The number of rotatable bonds is 6. The quantitative estimate of drug-likeness (QED) is 0.585. The molecule has 0 radical (unpaired) electrons. The Hall–Kier alpha value is -2.32. The number of nitrogens with zero attached hydrogens (tertiary/aromatic N) is 3. The van der Waals surface area contributed by atoms with E-state index in [-0.39, 0.29) is 12.7 Å². The highest BCUT2D eigenvalue weighted by Crippen LogP contribution is 2.25. The van der Waals surface area contributed by atoms with E-state index in [1.54, 1.807) is 41.3 Å². The lowest BCUT2D eigenvalue weighted by Crippen LogP contribution is -2.24. The third-order valence-electron chi connectivity index (χ3n) is 4.79. The van der Waals surface area contributed by atoms with Gasteiger partial charge < -0.3 is 20.1 Å². The fraction of sp³-hybridized carbons (Fsp3) is 0.368. The minimum absolute atomic E-state index is 0.275. The SMILES string of the molecule is OC(O)c1ccc(-n2ncc3cc([C@@H](O)COC4CCC4)cnc32)cc1. The molecule has 7 nitrogen and oxygen atoms in total. The van der Waals surface area contributed by atoms with Gasteiger partial charge in [0.25, 0.3) is 0 Å². The van der Waals surface area contributed by atoms with Crippen LogP contribution in [0.2, 0.25) is 0 Å². The molecule has 1 aliphatic carbocycles. The molecule has 3 aromatic rings. The van der Waals surface area contributed by atoms with Crippen molar-refractivity contribution >= 4 is 11.0 Å². The maximum absolute atomic E-state index is 10.3. The summed E-state index contributed by atoms with van der Waals surface area (Å²) in [5.41, 5.74) is 2.54. The highest BCUT2D eigenvalue weighted by molar-refractivity contribution is 5.76. The van der Waals surface area contributed by atoms with Crippen molar-refractivity contribution in [2.75, 3.05) is 6.61 Å². The smallest absolute Gasteiger partial charge is 0.178 e. The minimum atomic E-state index is -1.50. The van der Waals surface area contributed by atoms with Gasteiger partial charge in [-0.15, -0.1) is 0 Å².